The van der Waals surface area contributed by atoms with E-state index in [4.69, 9.17) is 0 Å². The molecular weight excluding hydrogens is 454 g/mol. The largest absolute Gasteiger partial charge is 0.506 e. The summed E-state index contributed by atoms with van der Waals surface area (Å²) in [7, 11) is 0. The highest BCUT2D eigenvalue weighted by Gasteiger charge is 2.55. The number of rotatable bonds is 6. The number of amides is 1. The quantitative estimate of drug-likeness (QED) is 0.494. The van der Waals surface area contributed by atoms with Gasteiger partial charge in [-0.05, 0) is 62.1 Å². The number of para-hydroxylation sites is 1. The monoisotopic (exact) mass is 487 g/mol. The van der Waals surface area contributed by atoms with Crippen LogP contribution >= 0.6 is 0 Å². The van der Waals surface area contributed by atoms with Crippen molar-refractivity contribution in [2.45, 2.75) is 75.8 Å². The number of nitrogens with one attached hydrogen (secondary N) is 1. The van der Waals surface area contributed by atoms with Crippen LogP contribution in [0.25, 0.3) is 10.9 Å². The Balaban J connectivity index is 1.35. The third kappa shape index (κ3) is 3.82. The summed E-state index contributed by atoms with van der Waals surface area (Å²) in [5.74, 6) is -0.280. The lowest BCUT2D eigenvalue weighted by Gasteiger charge is -2.61. The second-order valence-corrected chi connectivity index (χ2v) is 10.9. The van der Waals surface area contributed by atoms with E-state index in [0.717, 1.165) is 37.7 Å². The molecule has 2 aliphatic carbocycles. The Morgan fingerprint density at radius 3 is 2.39 bits per heavy atom. The number of aliphatic hydroxyl groups is 1. The van der Waals surface area contributed by atoms with Crippen LogP contribution in [0.5, 0.6) is 5.75 Å². The first-order chi connectivity index (χ1) is 17.4. The van der Waals surface area contributed by atoms with E-state index < -0.39 is 17.1 Å². The summed E-state index contributed by atoms with van der Waals surface area (Å²) in [5, 5.41) is 25.6. The average Bonchev–Trinajstić information content (AvgIpc) is 2.85. The molecule has 7 nitrogen and oxygen atoms in total. The number of aromatic hydroxyl groups is 1. The van der Waals surface area contributed by atoms with Crippen molar-refractivity contribution in [2.24, 2.45) is 5.92 Å². The Morgan fingerprint density at radius 2 is 1.72 bits per heavy atom. The maximum absolute atomic E-state index is 13.7. The third-order valence-corrected chi connectivity index (χ3v) is 8.55. The summed E-state index contributed by atoms with van der Waals surface area (Å²) in [6.07, 6.45) is 4.85. The minimum absolute atomic E-state index is 0.216. The first-order valence-electron chi connectivity index (χ1n) is 13.1. The third-order valence-electron chi connectivity index (χ3n) is 8.55. The van der Waals surface area contributed by atoms with E-state index in [9.17, 15) is 19.8 Å². The SMILES string of the molecule is CCC(NC(=O)c1c(O)c2ccccc2n(Cc2ccccc2)c1=O)N1C2CC3CC1CC(O)(C3)C2. The number of aromatic nitrogens is 1. The number of piperidine rings is 2. The highest BCUT2D eigenvalue weighted by atomic mass is 16.3. The van der Waals surface area contributed by atoms with E-state index in [2.05, 4.69) is 10.2 Å². The molecule has 4 aliphatic rings. The van der Waals surface area contributed by atoms with Crippen LogP contribution in [-0.2, 0) is 6.54 Å². The van der Waals surface area contributed by atoms with Crippen LogP contribution in [0.1, 0.15) is 61.4 Å². The molecule has 4 bridgehead atoms. The summed E-state index contributed by atoms with van der Waals surface area (Å²) in [4.78, 5) is 29.7. The van der Waals surface area contributed by atoms with Gasteiger partial charge >= 0.3 is 0 Å². The normalized spacial score (nSPS) is 27.9. The zero-order valence-electron chi connectivity index (χ0n) is 20.6. The lowest BCUT2D eigenvalue weighted by Crippen LogP contribution is -2.69. The van der Waals surface area contributed by atoms with Crippen molar-refractivity contribution < 1.29 is 15.0 Å². The Hall–Kier alpha value is -3.16. The minimum Gasteiger partial charge on any atom is -0.506 e. The molecule has 7 rings (SSSR count). The van der Waals surface area contributed by atoms with Crippen molar-refractivity contribution in [1.82, 2.24) is 14.8 Å². The predicted molar refractivity (Wildman–Crippen MR) is 138 cm³/mol. The van der Waals surface area contributed by atoms with E-state index in [-0.39, 0.29) is 29.6 Å². The van der Waals surface area contributed by atoms with Crippen LogP contribution in [0.2, 0.25) is 0 Å². The van der Waals surface area contributed by atoms with Gasteiger partial charge in [0.05, 0.1) is 23.8 Å². The molecule has 36 heavy (non-hydrogen) atoms. The van der Waals surface area contributed by atoms with Gasteiger partial charge in [-0.3, -0.25) is 14.5 Å². The molecule has 3 atom stereocenters. The predicted octanol–water partition coefficient (Wildman–Crippen LogP) is 3.60. The van der Waals surface area contributed by atoms with E-state index in [1.165, 1.54) is 0 Å². The van der Waals surface area contributed by atoms with Crippen molar-refractivity contribution in [3.63, 3.8) is 0 Å². The molecule has 0 spiro atoms. The van der Waals surface area contributed by atoms with Gasteiger partial charge in [0.1, 0.15) is 11.3 Å². The van der Waals surface area contributed by atoms with Gasteiger partial charge in [-0.15, -0.1) is 0 Å². The number of hydrogen-bond acceptors (Lipinski definition) is 5. The Bertz CT molecular complexity index is 1350. The summed E-state index contributed by atoms with van der Waals surface area (Å²) < 4.78 is 1.57. The molecule has 188 valence electrons. The number of nitrogens with zero attached hydrogens (tertiary/aromatic N) is 2. The van der Waals surface area contributed by atoms with Gasteiger partial charge in [0.15, 0.2) is 0 Å². The van der Waals surface area contributed by atoms with Crippen molar-refractivity contribution in [2.75, 3.05) is 0 Å². The van der Waals surface area contributed by atoms with E-state index >= 15 is 0 Å². The second kappa shape index (κ2) is 8.75. The van der Waals surface area contributed by atoms with Crippen molar-refractivity contribution >= 4 is 16.8 Å². The smallest absolute Gasteiger partial charge is 0.268 e. The Labute approximate surface area is 210 Å². The fourth-order valence-corrected chi connectivity index (χ4v) is 7.25. The fourth-order valence-electron chi connectivity index (χ4n) is 7.25. The van der Waals surface area contributed by atoms with Gasteiger partial charge in [0.25, 0.3) is 11.5 Å². The first-order valence-corrected chi connectivity index (χ1v) is 13.1. The molecule has 3 aromatic rings. The standard InChI is InChI=1S/C29H33N3O4/c1-2-24(32-20-12-19-13-21(32)16-29(36,14-19)15-20)30-27(34)25-26(33)22-10-6-7-11-23(22)31(28(25)35)17-18-8-4-3-5-9-18/h3-11,19-21,24,33,36H,2,12-17H2,1H3,(H,30,34). The number of benzene rings is 2. The van der Waals surface area contributed by atoms with Crippen molar-refractivity contribution in [1.29, 1.82) is 0 Å². The lowest BCUT2D eigenvalue weighted by atomic mass is 9.61. The Morgan fingerprint density at radius 1 is 1.06 bits per heavy atom. The zero-order valence-corrected chi connectivity index (χ0v) is 20.6. The molecule has 2 saturated carbocycles. The van der Waals surface area contributed by atoms with E-state index in [1.807, 2.05) is 43.3 Å². The highest BCUT2D eigenvalue weighted by Crippen LogP contribution is 2.52. The summed E-state index contributed by atoms with van der Waals surface area (Å²) >= 11 is 0. The molecule has 2 aliphatic heterocycles. The fraction of sp³-hybridized carbons (Fsp3) is 0.448. The molecular formula is C29H33N3O4. The molecule has 2 aromatic carbocycles. The molecule has 3 heterocycles. The van der Waals surface area contributed by atoms with Crippen molar-refractivity contribution in [3.05, 3.63) is 76.1 Å². The van der Waals surface area contributed by atoms with Gasteiger partial charge in [0, 0.05) is 17.5 Å². The molecule has 3 unspecified atom stereocenters. The van der Waals surface area contributed by atoms with Crippen LogP contribution in [0, 0.1) is 5.92 Å². The summed E-state index contributed by atoms with van der Waals surface area (Å²) in [6, 6.07) is 17.2. The molecule has 1 amide bonds. The minimum atomic E-state index is -0.572. The molecule has 0 radical (unpaired) electrons. The highest BCUT2D eigenvalue weighted by molar-refractivity contribution is 6.02. The number of carbonyl (C=O) groups is 1. The van der Waals surface area contributed by atoms with Gasteiger partial charge in [0.2, 0.25) is 0 Å². The topological polar surface area (TPSA) is 94.8 Å². The van der Waals surface area contributed by atoms with Gasteiger partial charge < -0.3 is 20.1 Å². The molecule has 2 saturated heterocycles. The number of carbonyl (C=O) groups excluding carboxylic acids is 1. The van der Waals surface area contributed by atoms with E-state index in [1.54, 1.807) is 22.8 Å². The van der Waals surface area contributed by atoms with Crippen LogP contribution in [0.3, 0.4) is 0 Å². The second-order valence-electron chi connectivity index (χ2n) is 10.9. The van der Waals surface area contributed by atoms with Gasteiger partial charge in [-0.2, -0.15) is 0 Å². The lowest BCUT2D eigenvalue weighted by molar-refractivity contribution is -0.170. The summed E-state index contributed by atoms with van der Waals surface area (Å²) in [6.45, 7) is 2.33. The van der Waals surface area contributed by atoms with Crippen LogP contribution in [-0.4, -0.2) is 49.4 Å². The maximum atomic E-state index is 13.7. The molecule has 1 aromatic heterocycles. The van der Waals surface area contributed by atoms with Gasteiger partial charge in [-0.1, -0.05) is 49.4 Å². The zero-order chi connectivity index (χ0) is 25.0. The molecule has 7 heteroatoms. The first kappa shape index (κ1) is 23.3. The van der Waals surface area contributed by atoms with Crippen LogP contribution in [0.4, 0.5) is 0 Å². The van der Waals surface area contributed by atoms with E-state index in [0.29, 0.717) is 29.8 Å². The molecule has 4 fully saturated rings. The van der Waals surface area contributed by atoms with Crippen molar-refractivity contribution in [3.8, 4) is 5.75 Å². The average molecular weight is 488 g/mol. The Kier molecular flexibility index (Phi) is 5.65. The van der Waals surface area contributed by atoms with Crippen LogP contribution < -0.4 is 10.9 Å². The summed E-state index contributed by atoms with van der Waals surface area (Å²) in [5.41, 5.74) is 0.233. The number of hydrogen-bond donors (Lipinski definition) is 3. The van der Waals surface area contributed by atoms with Gasteiger partial charge in [-0.25, -0.2) is 0 Å². The molecule has 3 N–H and O–H groups in total. The number of pyridine rings is 1. The maximum Gasteiger partial charge on any atom is 0.268 e. The number of fused-ring (bicyclic) bond motifs is 1. The van der Waals surface area contributed by atoms with Crippen LogP contribution in [0.15, 0.2) is 59.4 Å².